The Morgan fingerprint density at radius 1 is 1.00 bits per heavy atom. The van der Waals surface area contributed by atoms with Crippen LogP contribution in [0, 0.1) is 0 Å². The second-order valence-electron chi connectivity index (χ2n) is 5.00. The maximum Gasteiger partial charge on any atom is 0.120 e. The van der Waals surface area contributed by atoms with E-state index >= 15 is 0 Å². The molecule has 102 valence electrons. The Morgan fingerprint density at radius 2 is 1.85 bits per heavy atom. The monoisotopic (exact) mass is 265 g/mol. The molecule has 3 aromatic rings. The van der Waals surface area contributed by atoms with Gasteiger partial charge in [-0.3, -0.25) is 0 Å². The van der Waals surface area contributed by atoms with Crippen LogP contribution in [-0.2, 0) is 0 Å². The van der Waals surface area contributed by atoms with Crippen molar-refractivity contribution in [3.63, 3.8) is 0 Å². The Balaban J connectivity index is 1.88. The van der Waals surface area contributed by atoms with Crippen molar-refractivity contribution in [1.82, 2.24) is 4.98 Å². The van der Waals surface area contributed by atoms with Crippen LogP contribution in [0.5, 0.6) is 5.75 Å². The molecule has 0 atom stereocenters. The van der Waals surface area contributed by atoms with Gasteiger partial charge in [0.1, 0.15) is 5.75 Å². The summed E-state index contributed by atoms with van der Waals surface area (Å²) in [6.45, 7) is 2.96. The molecular formula is C18H19NO. The first kappa shape index (κ1) is 12.8. The lowest BCUT2D eigenvalue weighted by Gasteiger charge is -2.04. The van der Waals surface area contributed by atoms with E-state index in [0.29, 0.717) is 0 Å². The van der Waals surface area contributed by atoms with E-state index in [1.54, 1.807) is 0 Å². The summed E-state index contributed by atoms with van der Waals surface area (Å²) in [5.74, 6) is 0.949. The molecule has 0 unspecified atom stereocenters. The van der Waals surface area contributed by atoms with Crippen LogP contribution in [0.4, 0.5) is 0 Å². The third kappa shape index (κ3) is 2.69. The molecule has 3 rings (SSSR count). The fraction of sp³-hybridized carbons (Fsp3) is 0.222. The molecule has 1 aromatic heterocycles. The van der Waals surface area contributed by atoms with E-state index in [-0.39, 0.29) is 0 Å². The first-order chi connectivity index (χ1) is 9.86. The van der Waals surface area contributed by atoms with Crippen molar-refractivity contribution in [2.24, 2.45) is 0 Å². The molecule has 0 radical (unpaired) electrons. The molecule has 2 heteroatoms. The van der Waals surface area contributed by atoms with Gasteiger partial charge in [-0.25, -0.2) is 0 Å². The number of rotatable bonds is 5. The number of hydrogen-bond donors (Lipinski definition) is 1. The van der Waals surface area contributed by atoms with Gasteiger partial charge >= 0.3 is 0 Å². The van der Waals surface area contributed by atoms with Crippen LogP contribution >= 0.6 is 0 Å². The fourth-order valence-corrected chi connectivity index (χ4v) is 2.31. The van der Waals surface area contributed by atoms with Gasteiger partial charge in [0.25, 0.3) is 0 Å². The Morgan fingerprint density at radius 3 is 2.65 bits per heavy atom. The molecule has 0 bridgehead atoms. The van der Waals surface area contributed by atoms with Gasteiger partial charge in [0.05, 0.1) is 6.61 Å². The average Bonchev–Trinajstić information content (AvgIpc) is 2.92. The highest BCUT2D eigenvalue weighted by Crippen LogP contribution is 2.26. The Labute approximate surface area is 119 Å². The summed E-state index contributed by atoms with van der Waals surface area (Å²) in [7, 11) is 0. The molecule has 0 aliphatic rings. The van der Waals surface area contributed by atoms with Crippen LogP contribution in [0.15, 0.2) is 54.6 Å². The van der Waals surface area contributed by atoms with E-state index in [4.69, 9.17) is 4.74 Å². The van der Waals surface area contributed by atoms with Crippen LogP contribution in [0.2, 0.25) is 0 Å². The SMILES string of the molecule is CCCCOc1ccc2[nH]c(-c3ccccc3)cc2c1. The number of aromatic amines is 1. The van der Waals surface area contributed by atoms with Gasteiger partial charge in [0, 0.05) is 16.6 Å². The standard InChI is InChI=1S/C18H19NO/c1-2-3-11-20-16-9-10-17-15(12-16)13-18(19-17)14-7-5-4-6-8-14/h4-10,12-13,19H,2-3,11H2,1H3. The molecule has 1 heterocycles. The van der Waals surface area contributed by atoms with Gasteiger partial charge in [0.2, 0.25) is 0 Å². The Kier molecular flexibility index (Phi) is 3.73. The number of ether oxygens (including phenoxy) is 1. The number of aromatic nitrogens is 1. The van der Waals surface area contributed by atoms with Gasteiger partial charge in [-0.15, -0.1) is 0 Å². The zero-order valence-corrected chi connectivity index (χ0v) is 11.7. The summed E-state index contributed by atoms with van der Waals surface area (Å²) in [5.41, 5.74) is 3.50. The minimum atomic E-state index is 0.790. The highest BCUT2D eigenvalue weighted by atomic mass is 16.5. The first-order valence-electron chi connectivity index (χ1n) is 7.18. The molecule has 1 N–H and O–H groups in total. The average molecular weight is 265 g/mol. The number of unbranched alkanes of at least 4 members (excludes halogenated alkanes) is 1. The Hall–Kier alpha value is -2.22. The van der Waals surface area contributed by atoms with E-state index in [2.05, 4.69) is 54.4 Å². The van der Waals surface area contributed by atoms with Gasteiger partial charge in [-0.05, 0) is 36.2 Å². The van der Waals surface area contributed by atoms with Gasteiger partial charge in [0.15, 0.2) is 0 Å². The number of hydrogen-bond acceptors (Lipinski definition) is 1. The smallest absolute Gasteiger partial charge is 0.120 e. The van der Waals surface area contributed by atoms with Crippen molar-refractivity contribution < 1.29 is 4.74 Å². The number of nitrogens with one attached hydrogen (secondary N) is 1. The normalized spacial score (nSPS) is 10.8. The molecule has 0 saturated carbocycles. The summed E-state index contributed by atoms with van der Waals surface area (Å²) in [5, 5.41) is 1.19. The predicted molar refractivity (Wildman–Crippen MR) is 84.1 cm³/mol. The molecule has 0 spiro atoms. The summed E-state index contributed by atoms with van der Waals surface area (Å²) in [6.07, 6.45) is 2.25. The lowest BCUT2D eigenvalue weighted by atomic mass is 10.1. The minimum absolute atomic E-state index is 0.790. The van der Waals surface area contributed by atoms with Gasteiger partial charge < -0.3 is 9.72 Å². The number of benzene rings is 2. The zero-order valence-electron chi connectivity index (χ0n) is 11.7. The van der Waals surface area contributed by atoms with Crippen LogP contribution in [0.3, 0.4) is 0 Å². The highest BCUT2D eigenvalue weighted by Gasteiger charge is 2.04. The van der Waals surface area contributed by atoms with Crippen molar-refractivity contribution in [3.05, 3.63) is 54.6 Å². The molecule has 0 saturated heterocycles. The lowest BCUT2D eigenvalue weighted by Crippen LogP contribution is -1.95. The summed E-state index contributed by atoms with van der Waals surface area (Å²) >= 11 is 0. The quantitative estimate of drug-likeness (QED) is 0.644. The lowest BCUT2D eigenvalue weighted by molar-refractivity contribution is 0.310. The van der Waals surface area contributed by atoms with Gasteiger partial charge in [-0.2, -0.15) is 0 Å². The molecule has 20 heavy (non-hydrogen) atoms. The maximum absolute atomic E-state index is 5.76. The van der Waals surface area contributed by atoms with Crippen molar-refractivity contribution in [3.8, 4) is 17.0 Å². The predicted octanol–water partition coefficient (Wildman–Crippen LogP) is 5.01. The van der Waals surface area contributed by atoms with Crippen molar-refractivity contribution >= 4 is 10.9 Å². The summed E-state index contributed by atoms with van der Waals surface area (Å²) < 4.78 is 5.76. The largest absolute Gasteiger partial charge is 0.494 e. The molecule has 0 fully saturated rings. The first-order valence-corrected chi connectivity index (χ1v) is 7.18. The molecule has 0 aliphatic heterocycles. The van der Waals surface area contributed by atoms with Crippen LogP contribution < -0.4 is 4.74 Å². The van der Waals surface area contributed by atoms with Gasteiger partial charge in [-0.1, -0.05) is 43.7 Å². The van der Waals surface area contributed by atoms with Crippen molar-refractivity contribution in [2.75, 3.05) is 6.61 Å². The molecule has 0 aliphatic carbocycles. The summed E-state index contributed by atoms with van der Waals surface area (Å²) in [4.78, 5) is 3.45. The van der Waals surface area contributed by atoms with E-state index in [1.165, 1.54) is 10.9 Å². The van der Waals surface area contributed by atoms with Crippen molar-refractivity contribution in [1.29, 1.82) is 0 Å². The molecule has 2 aromatic carbocycles. The van der Waals surface area contributed by atoms with E-state index < -0.39 is 0 Å². The third-order valence-electron chi connectivity index (χ3n) is 3.44. The molecular weight excluding hydrogens is 246 g/mol. The van der Waals surface area contributed by atoms with Crippen LogP contribution in [0.1, 0.15) is 19.8 Å². The van der Waals surface area contributed by atoms with E-state index in [1.807, 2.05) is 12.1 Å². The second kappa shape index (κ2) is 5.83. The van der Waals surface area contributed by atoms with Crippen LogP contribution in [-0.4, -0.2) is 11.6 Å². The van der Waals surface area contributed by atoms with E-state index in [0.717, 1.165) is 36.4 Å². The minimum Gasteiger partial charge on any atom is -0.494 e. The summed E-state index contributed by atoms with van der Waals surface area (Å²) in [6, 6.07) is 18.8. The zero-order chi connectivity index (χ0) is 13.8. The number of fused-ring (bicyclic) bond motifs is 1. The third-order valence-corrected chi connectivity index (χ3v) is 3.44. The molecule has 2 nitrogen and oxygen atoms in total. The maximum atomic E-state index is 5.76. The topological polar surface area (TPSA) is 25.0 Å². The fourth-order valence-electron chi connectivity index (χ4n) is 2.31. The number of H-pyrrole nitrogens is 1. The van der Waals surface area contributed by atoms with Crippen molar-refractivity contribution in [2.45, 2.75) is 19.8 Å². The molecule has 0 amide bonds. The Bertz CT molecular complexity index is 685. The van der Waals surface area contributed by atoms with E-state index in [9.17, 15) is 0 Å². The highest BCUT2D eigenvalue weighted by molar-refractivity contribution is 5.86. The van der Waals surface area contributed by atoms with Crippen LogP contribution in [0.25, 0.3) is 22.2 Å². The second-order valence-corrected chi connectivity index (χ2v) is 5.00.